The van der Waals surface area contributed by atoms with Gasteiger partial charge in [-0.2, -0.15) is 24.5 Å². The molecule has 0 aliphatic carbocycles. The van der Waals surface area contributed by atoms with Crippen LogP contribution in [0.4, 0.5) is 24.0 Å². The molecule has 0 bridgehead atoms. The van der Waals surface area contributed by atoms with Crippen molar-refractivity contribution in [1.82, 2.24) is 9.88 Å². The molecule has 2 amide bonds. The lowest BCUT2D eigenvalue weighted by atomic mass is 10.1. The molecule has 11 heteroatoms. The number of carbonyl (C=O) groups is 2. The van der Waals surface area contributed by atoms with Crippen LogP contribution in [0.25, 0.3) is 0 Å². The van der Waals surface area contributed by atoms with Crippen LogP contribution >= 0.6 is 22.7 Å². The number of carbonyl (C=O) groups excluding carboxylic acids is 2. The molecule has 0 radical (unpaired) electrons. The number of anilines is 2. The summed E-state index contributed by atoms with van der Waals surface area (Å²) >= 11 is 2.77. The summed E-state index contributed by atoms with van der Waals surface area (Å²) in [5, 5.41) is 9.21. The maximum absolute atomic E-state index is 13.1. The number of hydrogen-bond acceptors (Lipinski definition) is 6. The zero-order valence-electron chi connectivity index (χ0n) is 16.0. The maximum Gasteiger partial charge on any atom is 0.418 e. The molecule has 3 heterocycles. The van der Waals surface area contributed by atoms with E-state index in [-0.39, 0.29) is 18.1 Å². The standard InChI is InChI=1S/C20H17F3N4O2S2/c21-20(22,23)13-3-1-2-4-14(13)24-17(28)10-27-7-5-15-16(9-27)31-19(25-15)26-18(29)12-6-8-30-11-12/h1-4,6,8,11H,5,7,9-10H2,(H,24,28)(H,25,26,29). The summed E-state index contributed by atoms with van der Waals surface area (Å²) in [6, 6.07) is 6.63. The molecule has 1 aliphatic heterocycles. The summed E-state index contributed by atoms with van der Waals surface area (Å²) in [4.78, 5) is 31.8. The number of fused-ring (bicyclic) bond motifs is 1. The molecule has 1 aliphatic rings. The van der Waals surface area contributed by atoms with Crippen LogP contribution in [0.15, 0.2) is 41.1 Å². The Hall–Kier alpha value is -2.76. The highest BCUT2D eigenvalue weighted by molar-refractivity contribution is 7.16. The van der Waals surface area contributed by atoms with E-state index >= 15 is 0 Å². The molecular formula is C20H17F3N4O2S2. The number of alkyl halides is 3. The summed E-state index contributed by atoms with van der Waals surface area (Å²) in [5.41, 5.74) is 0.298. The molecule has 0 saturated heterocycles. The van der Waals surface area contributed by atoms with E-state index in [4.69, 9.17) is 0 Å². The summed E-state index contributed by atoms with van der Waals surface area (Å²) < 4.78 is 39.3. The number of aromatic nitrogens is 1. The minimum Gasteiger partial charge on any atom is -0.324 e. The first-order chi connectivity index (χ1) is 14.8. The molecule has 0 saturated carbocycles. The van der Waals surface area contributed by atoms with Gasteiger partial charge in [0.2, 0.25) is 5.91 Å². The average Bonchev–Trinajstić information content (AvgIpc) is 3.36. The Morgan fingerprint density at radius 2 is 1.97 bits per heavy atom. The molecule has 162 valence electrons. The fraction of sp³-hybridized carbons (Fsp3) is 0.250. The van der Waals surface area contributed by atoms with Crippen LogP contribution in [0.1, 0.15) is 26.5 Å². The van der Waals surface area contributed by atoms with Crippen LogP contribution < -0.4 is 10.6 Å². The van der Waals surface area contributed by atoms with E-state index in [1.807, 2.05) is 10.3 Å². The lowest BCUT2D eigenvalue weighted by Gasteiger charge is -2.25. The van der Waals surface area contributed by atoms with Gasteiger partial charge >= 0.3 is 6.18 Å². The summed E-state index contributed by atoms with van der Waals surface area (Å²) in [6.45, 7) is 0.943. The fourth-order valence-electron chi connectivity index (χ4n) is 3.23. The smallest absolute Gasteiger partial charge is 0.324 e. The highest BCUT2D eigenvalue weighted by Gasteiger charge is 2.33. The van der Waals surface area contributed by atoms with E-state index in [1.54, 1.807) is 11.4 Å². The van der Waals surface area contributed by atoms with Gasteiger partial charge in [-0.05, 0) is 23.6 Å². The molecule has 1 aromatic carbocycles. The molecule has 31 heavy (non-hydrogen) atoms. The number of thiazole rings is 1. The number of amides is 2. The lowest BCUT2D eigenvalue weighted by Crippen LogP contribution is -2.37. The maximum atomic E-state index is 13.1. The number of hydrogen-bond donors (Lipinski definition) is 2. The molecule has 0 spiro atoms. The zero-order valence-corrected chi connectivity index (χ0v) is 17.7. The minimum absolute atomic E-state index is 0.0415. The van der Waals surface area contributed by atoms with Gasteiger partial charge < -0.3 is 5.32 Å². The van der Waals surface area contributed by atoms with Crippen molar-refractivity contribution in [1.29, 1.82) is 0 Å². The van der Waals surface area contributed by atoms with Crippen molar-refractivity contribution >= 4 is 45.3 Å². The Bertz CT molecular complexity index is 1100. The lowest BCUT2D eigenvalue weighted by molar-refractivity contribution is -0.137. The monoisotopic (exact) mass is 466 g/mol. The Labute approximate surface area is 183 Å². The normalized spacial score (nSPS) is 14.2. The van der Waals surface area contributed by atoms with Crippen LogP contribution in [0.3, 0.4) is 0 Å². The van der Waals surface area contributed by atoms with Crippen molar-refractivity contribution < 1.29 is 22.8 Å². The van der Waals surface area contributed by atoms with Gasteiger partial charge in [0.05, 0.1) is 29.1 Å². The number of thiophene rings is 1. The Kier molecular flexibility index (Phi) is 6.08. The number of benzene rings is 1. The van der Waals surface area contributed by atoms with E-state index in [2.05, 4.69) is 15.6 Å². The third kappa shape index (κ3) is 5.12. The number of halogens is 3. The summed E-state index contributed by atoms with van der Waals surface area (Å²) in [6.07, 6.45) is -3.96. The highest BCUT2D eigenvalue weighted by Crippen LogP contribution is 2.34. The van der Waals surface area contributed by atoms with Crippen LogP contribution in [-0.4, -0.2) is 34.8 Å². The van der Waals surface area contributed by atoms with Crippen molar-refractivity contribution in [3.8, 4) is 0 Å². The zero-order chi connectivity index (χ0) is 22.0. The molecule has 0 fully saturated rings. The third-order valence-corrected chi connectivity index (χ3v) is 6.37. The molecule has 6 nitrogen and oxygen atoms in total. The summed E-state index contributed by atoms with van der Waals surface area (Å²) in [5.74, 6) is -0.748. The topological polar surface area (TPSA) is 74.3 Å². The summed E-state index contributed by atoms with van der Waals surface area (Å²) in [7, 11) is 0. The van der Waals surface area contributed by atoms with Crippen LogP contribution in [-0.2, 0) is 23.9 Å². The molecule has 0 unspecified atom stereocenters. The predicted molar refractivity (Wildman–Crippen MR) is 113 cm³/mol. The second-order valence-corrected chi connectivity index (χ2v) is 8.77. The third-order valence-electron chi connectivity index (χ3n) is 4.69. The largest absolute Gasteiger partial charge is 0.418 e. The van der Waals surface area contributed by atoms with E-state index in [0.717, 1.165) is 16.6 Å². The van der Waals surface area contributed by atoms with E-state index in [9.17, 15) is 22.8 Å². The van der Waals surface area contributed by atoms with Gasteiger partial charge in [0.25, 0.3) is 5.91 Å². The average molecular weight is 467 g/mol. The number of nitrogens with zero attached hydrogens (tertiary/aromatic N) is 2. The van der Waals surface area contributed by atoms with Crippen LogP contribution in [0.2, 0.25) is 0 Å². The Balaban J connectivity index is 1.37. The Morgan fingerprint density at radius 3 is 2.71 bits per heavy atom. The number of nitrogens with one attached hydrogen (secondary N) is 2. The molecule has 0 atom stereocenters. The van der Waals surface area contributed by atoms with Gasteiger partial charge in [0.15, 0.2) is 5.13 Å². The van der Waals surface area contributed by atoms with Gasteiger partial charge in [-0.1, -0.05) is 12.1 Å². The first-order valence-corrected chi connectivity index (χ1v) is 11.1. The van der Waals surface area contributed by atoms with Crippen LogP contribution in [0, 0.1) is 0 Å². The van der Waals surface area contributed by atoms with Gasteiger partial charge in [0, 0.05) is 29.8 Å². The van der Waals surface area contributed by atoms with E-state index in [0.29, 0.717) is 30.2 Å². The molecular weight excluding hydrogens is 449 g/mol. The molecule has 2 N–H and O–H groups in total. The van der Waals surface area contributed by atoms with Crippen LogP contribution in [0.5, 0.6) is 0 Å². The van der Waals surface area contributed by atoms with Gasteiger partial charge in [-0.15, -0.1) is 11.3 Å². The SMILES string of the molecule is O=C(CN1CCc2nc(NC(=O)c3ccsc3)sc2C1)Nc1ccccc1C(F)(F)F. The molecule has 3 aromatic rings. The first-order valence-electron chi connectivity index (χ1n) is 9.30. The first kappa shape index (κ1) is 21.5. The predicted octanol–water partition coefficient (Wildman–Crippen LogP) is 4.47. The molecule has 2 aromatic heterocycles. The Morgan fingerprint density at radius 1 is 1.16 bits per heavy atom. The van der Waals surface area contributed by atoms with Crippen molar-refractivity contribution in [2.75, 3.05) is 23.7 Å². The minimum atomic E-state index is -4.55. The number of rotatable bonds is 5. The second kappa shape index (κ2) is 8.77. The van der Waals surface area contributed by atoms with Gasteiger partial charge in [-0.3, -0.25) is 19.8 Å². The molecule has 4 rings (SSSR count). The fourth-order valence-corrected chi connectivity index (χ4v) is 4.91. The van der Waals surface area contributed by atoms with Crippen molar-refractivity contribution in [2.45, 2.75) is 19.1 Å². The van der Waals surface area contributed by atoms with Gasteiger partial charge in [0.1, 0.15) is 0 Å². The van der Waals surface area contributed by atoms with E-state index < -0.39 is 17.6 Å². The second-order valence-electron chi connectivity index (χ2n) is 6.91. The van der Waals surface area contributed by atoms with Crippen molar-refractivity contribution in [2.24, 2.45) is 0 Å². The van der Waals surface area contributed by atoms with E-state index in [1.165, 1.54) is 40.9 Å². The number of para-hydroxylation sites is 1. The highest BCUT2D eigenvalue weighted by atomic mass is 32.1. The van der Waals surface area contributed by atoms with Crippen molar-refractivity contribution in [3.05, 3.63) is 62.8 Å². The quantitative estimate of drug-likeness (QED) is 0.582. The van der Waals surface area contributed by atoms with Gasteiger partial charge in [-0.25, -0.2) is 4.98 Å². The van der Waals surface area contributed by atoms with Crippen molar-refractivity contribution in [3.63, 3.8) is 0 Å².